The number of carbonyl (C=O) groups is 3. The Bertz CT molecular complexity index is 1060. The summed E-state index contributed by atoms with van der Waals surface area (Å²) in [5.74, 6) is -0.997. The minimum Gasteiger partial charge on any atom is -0.348 e. The van der Waals surface area contributed by atoms with Gasteiger partial charge in [0.1, 0.15) is 0 Å². The number of primary sulfonamides is 1. The summed E-state index contributed by atoms with van der Waals surface area (Å²) in [4.78, 5) is 35.4. The Morgan fingerprint density at radius 2 is 1.55 bits per heavy atom. The third-order valence-electron chi connectivity index (χ3n) is 3.97. The standard InChI is InChI=1S/C20H21N3O5S/c1-13(11-19(25)23-17-7-5-16(6-8-17)14(2)24)20(26)22-12-15-3-9-18(10-4-15)29(21,27)28/h3-11H,12H2,1-2H3,(H,22,26)(H,23,25)(H2,21,27,28)/b13-11-. The molecule has 0 spiro atoms. The van der Waals surface area contributed by atoms with E-state index in [0.717, 1.165) is 6.08 Å². The number of carbonyl (C=O) groups excluding carboxylic acids is 3. The molecule has 0 atom stereocenters. The molecule has 2 amide bonds. The van der Waals surface area contributed by atoms with Crippen molar-refractivity contribution in [3.63, 3.8) is 0 Å². The second-order valence-electron chi connectivity index (χ2n) is 6.32. The average Bonchev–Trinajstić information content (AvgIpc) is 2.66. The van der Waals surface area contributed by atoms with Gasteiger partial charge in [0.2, 0.25) is 21.8 Å². The topological polar surface area (TPSA) is 135 Å². The number of sulfonamides is 1. The van der Waals surface area contributed by atoms with Gasteiger partial charge in [-0.3, -0.25) is 14.4 Å². The van der Waals surface area contributed by atoms with E-state index in [1.807, 2.05) is 0 Å². The highest BCUT2D eigenvalue weighted by molar-refractivity contribution is 7.89. The van der Waals surface area contributed by atoms with Crippen LogP contribution in [0.15, 0.2) is 65.1 Å². The molecule has 0 bridgehead atoms. The predicted molar refractivity (Wildman–Crippen MR) is 108 cm³/mol. The first-order valence-corrected chi connectivity index (χ1v) is 10.1. The maximum Gasteiger partial charge on any atom is 0.248 e. The molecule has 9 heteroatoms. The third-order valence-corrected chi connectivity index (χ3v) is 4.90. The Balaban J connectivity index is 1.92. The minimum absolute atomic E-state index is 0.0170. The summed E-state index contributed by atoms with van der Waals surface area (Å²) in [7, 11) is -3.77. The van der Waals surface area contributed by atoms with E-state index in [1.165, 1.54) is 38.1 Å². The van der Waals surface area contributed by atoms with Crippen molar-refractivity contribution >= 4 is 33.3 Å². The second-order valence-corrected chi connectivity index (χ2v) is 7.88. The molecule has 0 saturated heterocycles. The Morgan fingerprint density at radius 3 is 2.07 bits per heavy atom. The predicted octanol–water partition coefficient (Wildman–Crippen LogP) is 1.74. The minimum atomic E-state index is -3.77. The van der Waals surface area contributed by atoms with Crippen molar-refractivity contribution in [2.75, 3.05) is 5.32 Å². The Labute approximate surface area is 168 Å². The lowest BCUT2D eigenvalue weighted by atomic mass is 10.1. The van der Waals surface area contributed by atoms with Gasteiger partial charge in [-0.15, -0.1) is 0 Å². The summed E-state index contributed by atoms with van der Waals surface area (Å²) in [5, 5.41) is 10.3. The van der Waals surface area contributed by atoms with Crippen LogP contribution in [0.4, 0.5) is 5.69 Å². The van der Waals surface area contributed by atoms with Gasteiger partial charge in [0.15, 0.2) is 5.78 Å². The first-order chi connectivity index (χ1) is 13.6. The van der Waals surface area contributed by atoms with E-state index in [1.54, 1.807) is 24.3 Å². The smallest absolute Gasteiger partial charge is 0.248 e. The van der Waals surface area contributed by atoms with E-state index in [4.69, 9.17) is 5.14 Å². The zero-order valence-corrected chi connectivity index (χ0v) is 16.7. The van der Waals surface area contributed by atoms with Crippen LogP contribution in [0.2, 0.25) is 0 Å². The fraction of sp³-hybridized carbons (Fsp3) is 0.150. The number of benzene rings is 2. The molecule has 0 aliphatic carbocycles. The van der Waals surface area contributed by atoms with Gasteiger partial charge in [-0.25, -0.2) is 13.6 Å². The zero-order valence-electron chi connectivity index (χ0n) is 15.9. The summed E-state index contributed by atoms with van der Waals surface area (Å²) in [6.07, 6.45) is 1.16. The van der Waals surface area contributed by atoms with Crippen molar-refractivity contribution < 1.29 is 22.8 Å². The molecule has 8 nitrogen and oxygen atoms in total. The summed E-state index contributed by atoms with van der Waals surface area (Å²) >= 11 is 0. The first-order valence-electron chi connectivity index (χ1n) is 8.56. The van der Waals surface area contributed by atoms with Crippen LogP contribution in [0.25, 0.3) is 0 Å². The van der Waals surface area contributed by atoms with Gasteiger partial charge in [-0.2, -0.15) is 0 Å². The van der Waals surface area contributed by atoms with E-state index in [-0.39, 0.29) is 22.8 Å². The van der Waals surface area contributed by atoms with Crippen molar-refractivity contribution in [1.82, 2.24) is 5.32 Å². The molecule has 0 radical (unpaired) electrons. The van der Waals surface area contributed by atoms with Crippen LogP contribution in [-0.4, -0.2) is 26.0 Å². The molecule has 4 N–H and O–H groups in total. The van der Waals surface area contributed by atoms with Crippen LogP contribution < -0.4 is 15.8 Å². The lowest BCUT2D eigenvalue weighted by Gasteiger charge is -2.07. The SMILES string of the molecule is CC(=O)c1ccc(NC(=O)/C=C(/C)C(=O)NCc2ccc(S(N)(=O)=O)cc2)cc1. The fourth-order valence-corrected chi connectivity index (χ4v) is 2.86. The Hall–Kier alpha value is -3.30. The van der Waals surface area contributed by atoms with Crippen molar-refractivity contribution in [3.05, 3.63) is 71.3 Å². The van der Waals surface area contributed by atoms with Gasteiger partial charge in [0.05, 0.1) is 4.90 Å². The maximum atomic E-state index is 12.1. The summed E-state index contributed by atoms with van der Waals surface area (Å²) in [6, 6.07) is 12.2. The molecule has 2 aromatic carbocycles. The quantitative estimate of drug-likeness (QED) is 0.467. The van der Waals surface area contributed by atoms with Gasteiger partial charge in [-0.05, 0) is 55.8 Å². The molecule has 0 unspecified atom stereocenters. The van der Waals surface area contributed by atoms with Gasteiger partial charge in [0, 0.05) is 29.4 Å². The number of ketones is 1. The summed E-state index contributed by atoms with van der Waals surface area (Å²) < 4.78 is 22.5. The fourth-order valence-electron chi connectivity index (χ4n) is 2.35. The maximum absolute atomic E-state index is 12.1. The van der Waals surface area contributed by atoms with Gasteiger partial charge in [0.25, 0.3) is 0 Å². The monoisotopic (exact) mass is 415 g/mol. The van der Waals surface area contributed by atoms with Crippen LogP contribution in [0.1, 0.15) is 29.8 Å². The summed E-state index contributed by atoms with van der Waals surface area (Å²) in [5.41, 5.74) is 1.91. The third kappa shape index (κ3) is 6.66. The van der Waals surface area contributed by atoms with E-state index in [2.05, 4.69) is 10.6 Å². The number of anilines is 1. The van der Waals surface area contributed by atoms with E-state index in [9.17, 15) is 22.8 Å². The van der Waals surface area contributed by atoms with Crippen LogP contribution >= 0.6 is 0 Å². The van der Waals surface area contributed by atoms with Gasteiger partial charge >= 0.3 is 0 Å². The highest BCUT2D eigenvalue weighted by atomic mass is 32.2. The highest BCUT2D eigenvalue weighted by Gasteiger charge is 2.09. The Kier molecular flexibility index (Phi) is 7.03. The molecule has 0 aliphatic heterocycles. The molecular formula is C20H21N3O5S. The molecule has 2 rings (SSSR count). The largest absolute Gasteiger partial charge is 0.348 e. The van der Waals surface area contributed by atoms with Crippen molar-refractivity contribution in [3.8, 4) is 0 Å². The van der Waals surface area contributed by atoms with E-state index < -0.39 is 21.8 Å². The number of hydrogen-bond acceptors (Lipinski definition) is 5. The van der Waals surface area contributed by atoms with Gasteiger partial charge < -0.3 is 10.6 Å². The highest BCUT2D eigenvalue weighted by Crippen LogP contribution is 2.11. The lowest BCUT2D eigenvalue weighted by molar-refractivity contribution is -0.118. The second kappa shape index (κ2) is 9.26. The number of rotatable bonds is 7. The molecule has 0 heterocycles. The van der Waals surface area contributed by atoms with Crippen molar-refractivity contribution in [2.24, 2.45) is 5.14 Å². The molecule has 2 aromatic rings. The molecule has 152 valence electrons. The molecule has 0 saturated carbocycles. The lowest BCUT2D eigenvalue weighted by Crippen LogP contribution is -2.24. The number of hydrogen-bond donors (Lipinski definition) is 3. The van der Waals surface area contributed by atoms with E-state index in [0.29, 0.717) is 16.8 Å². The van der Waals surface area contributed by atoms with Crippen LogP contribution in [0.5, 0.6) is 0 Å². The molecule has 0 aromatic heterocycles. The van der Waals surface area contributed by atoms with Crippen LogP contribution in [-0.2, 0) is 26.2 Å². The van der Waals surface area contributed by atoms with Gasteiger partial charge in [-0.1, -0.05) is 12.1 Å². The van der Waals surface area contributed by atoms with E-state index >= 15 is 0 Å². The zero-order chi connectivity index (χ0) is 21.6. The first kappa shape index (κ1) is 22.0. The molecule has 0 aliphatic rings. The number of nitrogens with two attached hydrogens (primary N) is 1. The molecule has 29 heavy (non-hydrogen) atoms. The van der Waals surface area contributed by atoms with Crippen molar-refractivity contribution in [1.29, 1.82) is 0 Å². The molecule has 0 fully saturated rings. The number of Topliss-reactive ketones (excluding diaryl/α,β-unsaturated/α-hetero) is 1. The Morgan fingerprint density at radius 1 is 0.966 bits per heavy atom. The van der Waals surface area contributed by atoms with Crippen molar-refractivity contribution in [2.45, 2.75) is 25.3 Å². The number of amides is 2. The van der Waals surface area contributed by atoms with Crippen LogP contribution in [0.3, 0.4) is 0 Å². The summed E-state index contributed by atoms with van der Waals surface area (Å²) in [6.45, 7) is 3.10. The average molecular weight is 415 g/mol. The number of nitrogens with one attached hydrogen (secondary N) is 2. The van der Waals surface area contributed by atoms with Crippen LogP contribution in [0, 0.1) is 0 Å². The normalized spacial score (nSPS) is 11.6. The molecular weight excluding hydrogens is 394 g/mol.